The lowest BCUT2D eigenvalue weighted by molar-refractivity contribution is 0.195. The van der Waals surface area contributed by atoms with Gasteiger partial charge in [0.1, 0.15) is 5.69 Å². The van der Waals surface area contributed by atoms with Crippen LogP contribution in [-0.4, -0.2) is 56.8 Å². The van der Waals surface area contributed by atoms with Gasteiger partial charge in [-0.25, -0.2) is 16.8 Å². The van der Waals surface area contributed by atoms with Crippen LogP contribution in [0.15, 0.2) is 51.4 Å². The van der Waals surface area contributed by atoms with Crippen molar-refractivity contribution >= 4 is 53.0 Å². The molecular weight excluding hydrogens is 552 g/mol. The summed E-state index contributed by atoms with van der Waals surface area (Å²) in [6.45, 7) is 10.1. The summed E-state index contributed by atoms with van der Waals surface area (Å²) in [6.07, 6.45) is 2.97. The molecule has 2 fully saturated rings. The predicted molar refractivity (Wildman–Crippen MR) is 156 cm³/mol. The SMILES string of the molecule is CC1(C)CCN(S(=O)(=O)c2ccc3c(NO)c4cc(S(=O)(=O)N5CCC(C)(C)CC5)ccc4c(N=O)c3c2)CC1. The van der Waals surface area contributed by atoms with E-state index in [-0.39, 0.29) is 42.8 Å². The third kappa shape index (κ3) is 5.00. The van der Waals surface area contributed by atoms with Crippen LogP contribution in [0.5, 0.6) is 0 Å². The number of benzene rings is 3. The smallest absolute Gasteiger partial charge is 0.243 e. The molecule has 2 aliphatic heterocycles. The molecular formula is C28H36N4O6S2. The van der Waals surface area contributed by atoms with Crippen LogP contribution in [0.25, 0.3) is 21.5 Å². The van der Waals surface area contributed by atoms with Gasteiger partial charge >= 0.3 is 0 Å². The molecule has 3 aromatic rings. The number of hydrogen-bond acceptors (Lipinski definition) is 8. The van der Waals surface area contributed by atoms with Crippen LogP contribution < -0.4 is 5.48 Å². The van der Waals surface area contributed by atoms with Gasteiger partial charge in [0.05, 0.1) is 15.5 Å². The van der Waals surface area contributed by atoms with Gasteiger partial charge in [-0.15, -0.1) is 4.91 Å². The zero-order valence-corrected chi connectivity index (χ0v) is 24.9. The molecule has 10 nitrogen and oxygen atoms in total. The van der Waals surface area contributed by atoms with E-state index in [9.17, 15) is 26.9 Å². The van der Waals surface area contributed by atoms with Crippen LogP contribution in [0.2, 0.25) is 0 Å². The van der Waals surface area contributed by atoms with E-state index in [2.05, 4.69) is 38.4 Å². The first-order valence-electron chi connectivity index (χ1n) is 13.5. The second-order valence-corrected chi connectivity index (χ2v) is 16.4. The lowest BCUT2D eigenvalue weighted by atomic mass is 9.83. The minimum Gasteiger partial charge on any atom is -0.291 e. The van der Waals surface area contributed by atoms with Gasteiger partial charge in [0.2, 0.25) is 20.0 Å². The summed E-state index contributed by atoms with van der Waals surface area (Å²) < 4.78 is 56.9. The fourth-order valence-electron chi connectivity index (χ4n) is 5.67. The number of hydrogen-bond donors (Lipinski definition) is 2. The van der Waals surface area contributed by atoms with Gasteiger partial charge in [-0.2, -0.15) is 8.61 Å². The van der Waals surface area contributed by atoms with Crippen molar-refractivity contribution in [2.45, 2.75) is 63.2 Å². The quantitative estimate of drug-likeness (QED) is 0.211. The van der Waals surface area contributed by atoms with Gasteiger partial charge in [0.25, 0.3) is 0 Å². The van der Waals surface area contributed by atoms with Gasteiger partial charge in [0, 0.05) is 47.7 Å². The highest BCUT2D eigenvalue weighted by molar-refractivity contribution is 7.89. The van der Waals surface area contributed by atoms with Crippen molar-refractivity contribution in [2.24, 2.45) is 16.0 Å². The topological polar surface area (TPSA) is 136 Å². The number of nitrogens with one attached hydrogen (secondary N) is 1. The second kappa shape index (κ2) is 10.0. The number of nitrogens with zero attached hydrogens (tertiary/aromatic N) is 3. The van der Waals surface area contributed by atoms with Crippen LogP contribution in [0.1, 0.15) is 53.4 Å². The first kappa shape index (κ1) is 28.9. The van der Waals surface area contributed by atoms with Crippen molar-refractivity contribution in [1.82, 2.24) is 8.61 Å². The third-order valence-corrected chi connectivity index (χ3v) is 12.5. The van der Waals surface area contributed by atoms with E-state index in [4.69, 9.17) is 0 Å². The number of piperidine rings is 2. The molecule has 2 aliphatic rings. The summed E-state index contributed by atoms with van der Waals surface area (Å²) in [5.41, 5.74) is 2.44. The highest BCUT2D eigenvalue weighted by Gasteiger charge is 2.35. The number of fused-ring (bicyclic) bond motifs is 2. The zero-order valence-electron chi connectivity index (χ0n) is 23.3. The van der Waals surface area contributed by atoms with E-state index < -0.39 is 20.0 Å². The summed E-state index contributed by atoms with van der Waals surface area (Å²) in [4.78, 5) is 12.2. The molecule has 2 N–H and O–H groups in total. The normalized spacial score (nSPS) is 20.5. The Hall–Kier alpha value is -2.64. The summed E-state index contributed by atoms with van der Waals surface area (Å²) in [5.74, 6) is 0. The van der Waals surface area contributed by atoms with Crippen molar-refractivity contribution in [3.05, 3.63) is 41.3 Å². The van der Waals surface area contributed by atoms with Gasteiger partial charge in [-0.05, 0) is 66.0 Å². The molecule has 3 aromatic carbocycles. The number of anilines is 1. The van der Waals surface area contributed by atoms with Crippen molar-refractivity contribution < 1.29 is 22.0 Å². The molecule has 2 heterocycles. The molecule has 2 saturated heterocycles. The number of sulfonamides is 2. The molecule has 0 saturated carbocycles. The molecule has 0 radical (unpaired) electrons. The summed E-state index contributed by atoms with van der Waals surface area (Å²) >= 11 is 0. The lowest BCUT2D eigenvalue weighted by Crippen LogP contribution is -2.41. The number of nitroso groups, excluding NO2 is 1. The first-order valence-corrected chi connectivity index (χ1v) is 16.4. The Bertz CT molecular complexity index is 1700. The highest BCUT2D eigenvalue weighted by atomic mass is 32.2. The average molecular weight is 589 g/mol. The van der Waals surface area contributed by atoms with Crippen LogP contribution in [0.4, 0.5) is 11.4 Å². The van der Waals surface area contributed by atoms with Gasteiger partial charge in [-0.3, -0.25) is 10.7 Å². The standard InChI is InChI=1S/C28H36N4O6S2/c1-27(2)9-13-31(14-10-27)39(35,36)19-5-7-21-23(17-19)25(29-33)22-8-6-20(18-24(22)26(21)30-34)40(37,38)32-15-11-28(3,4)12-16-32/h5-8,17-18,29,33H,9-16H2,1-4H3. The molecule has 0 unspecified atom stereocenters. The molecule has 216 valence electrons. The zero-order chi connectivity index (χ0) is 29.1. The fourth-order valence-corrected chi connectivity index (χ4v) is 8.60. The van der Waals surface area contributed by atoms with Crippen LogP contribution >= 0.6 is 0 Å². The Morgan fingerprint density at radius 3 is 1.55 bits per heavy atom. The molecule has 0 aliphatic carbocycles. The van der Waals surface area contributed by atoms with E-state index in [1.54, 1.807) is 0 Å². The number of rotatable bonds is 6. The monoisotopic (exact) mass is 588 g/mol. The van der Waals surface area contributed by atoms with E-state index in [0.717, 1.165) is 25.7 Å². The summed E-state index contributed by atoms with van der Waals surface area (Å²) in [5, 5.41) is 14.5. The molecule has 0 spiro atoms. The summed E-state index contributed by atoms with van der Waals surface area (Å²) in [7, 11) is -7.64. The molecule has 0 amide bonds. The molecule has 0 bridgehead atoms. The Labute approximate surface area is 235 Å². The first-order chi connectivity index (χ1) is 18.7. The Kier molecular flexibility index (Phi) is 7.23. The van der Waals surface area contributed by atoms with Gasteiger partial charge in [0.15, 0.2) is 0 Å². The maximum Gasteiger partial charge on any atom is 0.243 e. The second-order valence-electron chi connectivity index (χ2n) is 12.5. The lowest BCUT2D eigenvalue weighted by Gasteiger charge is -2.36. The fraction of sp³-hybridized carbons (Fsp3) is 0.500. The van der Waals surface area contributed by atoms with E-state index in [1.165, 1.54) is 45.0 Å². The maximum absolute atomic E-state index is 13.5. The van der Waals surface area contributed by atoms with Gasteiger partial charge in [-0.1, -0.05) is 39.8 Å². The van der Waals surface area contributed by atoms with Crippen LogP contribution in [0.3, 0.4) is 0 Å². The predicted octanol–water partition coefficient (Wildman–Crippen LogP) is 5.81. The molecule has 0 atom stereocenters. The van der Waals surface area contributed by atoms with Crippen molar-refractivity contribution in [2.75, 3.05) is 31.7 Å². The minimum atomic E-state index is -3.83. The van der Waals surface area contributed by atoms with Crippen molar-refractivity contribution in [1.29, 1.82) is 0 Å². The van der Waals surface area contributed by atoms with Crippen molar-refractivity contribution in [3.8, 4) is 0 Å². The molecule has 40 heavy (non-hydrogen) atoms. The van der Waals surface area contributed by atoms with Crippen LogP contribution in [0, 0.1) is 15.7 Å². The molecule has 5 rings (SSSR count). The van der Waals surface area contributed by atoms with Gasteiger partial charge < -0.3 is 0 Å². The van der Waals surface area contributed by atoms with E-state index in [0.29, 0.717) is 37.0 Å². The van der Waals surface area contributed by atoms with E-state index >= 15 is 0 Å². The average Bonchev–Trinajstić information content (AvgIpc) is 2.90. The maximum atomic E-state index is 13.5. The Balaban J connectivity index is 1.61. The Morgan fingerprint density at radius 2 is 1.12 bits per heavy atom. The summed E-state index contributed by atoms with van der Waals surface area (Å²) in [6, 6.07) is 8.69. The minimum absolute atomic E-state index is 0.0236. The Morgan fingerprint density at radius 1 is 0.700 bits per heavy atom. The molecule has 0 aromatic heterocycles. The third-order valence-electron chi connectivity index (χ3n) is 8.66. The van der Waals surface area contributed by atoms with E-state index in [1.807, 2.05) is 0 Å². The largest absolute Gasteiger partial charge is 0.291 e. The highest BCUT2D eigenvalue weighted by Crippen LogP contribution is 2.44. The molecule has 12 heteroatoms. The van der Waals surface area contributed by atoms with Crippen molar-refractivity contribution in [3.63, 3.8) is 0 Å². The van der Waals surface area contributed by atoms with Crippen LogP contribution in [-0.2, 0) is 20.0 Å².